The molecule has 1 aromatic heterocycles. The monoisotopic (exact) mass is 399 g/mol. The fourth-order valence-electron chi connectivity index (χ4n) is 3.80. The first-order valence-electron chi connectivity index (χ1n) is 9.42. The van der Waals surface area contributed by atoms with Crippen LogP contribution in [0.2, 0.25) is 0 Å². The molecule has 1 aliphatic heterocycles. The molecule has 0 aromatic carbocycles. The van der Waals surface area contributed by atoms with Crippen molar-refractivity contribution in [1.29, 1.82) is 0 Å². The highest BCUT2D eigenvalue weighted by molar-refractivity contribution is 5.97. The fraction of sp³-hybridized carbons (Fsp3) is 0.722. The Balaban J connectivity index is 0.00000261. The molecule has 2 atom stereocenters. The maximum Gasteiger partial charge on any atom is 0.244 e. The van der Waals surface area contributed by atoms with Crippen LogP contribution in [0.5, 0.6) is 0 Å². The van der Waals surface area contributed by atoms with E-state index in [2.05, 4.69) is 10.4 Å². The summed E-state index contributed by atoms with van der Waals surface area (Å²) in [6.45, 7) is 5.24. The van der Waals surface area contributed by atoms with E-state index in [1.54, 1.807) is 22.0 Å². The number of nitrogens with one attached hydrogen (secondary N) is 1. The fourth-order valence-corrected chi connectivity index (χ4v) is 3.80. The van der Waals surface area contributed by atoms with Gasteiger partial charge in [0, 0.05) is 19.3 Å². The van der Waals surface area contributed by atoms with Gasteiger partial charge in [-0.2, -0.15) is 5.10 Å². The molecule has 152 valence electrons. The first-order chi connectivity index (χ1) is 12.4. The van der Waals surface area contributed by atoms with Gasteiger partial charge in [0.15, 0.2) is 0 Å². The lowest BCUT2D eigenvalue weighted by molar-refractivity contribution is -0.144. The third kappa shape index (κ3) is 5.43. The zero-order valence-corrected chi connectivity index (χ0v) is 16.8. The largest absolute Gasteiger partial charge is 0.372 e. The number of carbonyl (C=O) groups excluding carboxylic acids is 2. The molecule has 2 aliphatic rings. The Bertz CT molecular complexity index is 649. The zero-order valence-electron chi connectivity index (χ0n) is 16.0. The van der Waals surface area contributed by atoms with Gasteiger partial charge >= 0.3 is 0 Å². The van der Waals surface area contributed by atoms with E-state index in [9.17, 15) is 9.59 Å². The number of carbonyl (C=O) groups is 2. The summed E-state index contributed by atoms with van der Waals surface area (Å²) in [5, 5.41) is 7.04. The number of anilines is 1. The Kier molecular flexibility index (Phi) is 7.25. The van der Waals surface area contributed by atoms with Crippen LogP contribution >= 0.6 is 12.4 Å². The molecular formula is C18H30ClN5O3. The summed E-state index contributed by atoms with van der Waals surface area (Å²) in [6, 6.07) is 0. The van der Waals surface area contributed by atoms with E-state index in [0.717, 1.165) is 19.3 Å². The van der Waals surface area contributed by atoms with Crippen LogP contribution in [0.4, 0.5) is 5.69 Å². The summed E-state index contributed by atoms with van der Waals surface area (Å²) in [5.41, 5.74) is 6.03. The molecule has 2 unspecified atom stereocenters. The molecule has 2 amide bonds. The average molecular weight is 400 g/mol. The van der Waals surface area contributed by atoms with Crippen molar-refractivity contribution in [3.8, 4) is 0 Å². The van der Waals surface area contributed by atoms with Crippen LogP contribution in [0.1, 0.15) is 46.0 Å². The van der Waals surface area contributed by atoms with E-state index in [1.165, 1.54) is 0 Å². The number of nitrogens with zero attached hydrogens (tertiary/aromatic N) is 3. The van der Waals surface area contributed by atoms with Crippen molar-refractivity contribution in [3.63, 3.8) is 0 Å². The van der Waals surface area contributed by atoms with Crippen LogP contribution < -0.4 is 11.1 Å². The first-order valence-corrected chi connectivity index (χ1v) is 9.42. The van der Waals surface area contributed by atoms with Gasteiger partial charge in [-0.05, 0) is 26.7 Å². The summed E-state index contributed by atoms with van der Waals surface area (Å²) < 4.78 is 7.20. The number of rotatable bonds is 4. The minimum atomic E-state index is -0.795. The second kappa shape index (κ2) is 9.03. The van der Waals surface area contributed by atoms with E-state index < -0.39 is 5.54 Å². The van der Waals surface area contributed by atoms with Crippen LogP contribution in [0.25, 0.3) is 0 Å². The van der Waals surface area contributed by atoms with Gasteiger partial charge in [0.25, 0.3) is 0 Å². The molecule has 3 N–H and O–H groups in total. The minimum Gasteiger partial charge on any atom is -0.372 e. The van der Waals surface area contributed by atoms with E-state index in [-0.39, 0.29) is 43.0 Å². The van der Waals surface area contributed by atoms with Crippen molar-refractivity contribution >= 4 is 29.9 Å². The summed E-state index contributed by atoms with van der Waals surface area (Å²) in [6.07, 6.45) is 7.81. The number of amides is 2. The summed E-state index contributed by atoms with van der Waals surface area (Å²) >= 11 is 0. The number of hydrogen-bond acceptors (Lipinski definition) is 5. The van der Waals surface area contributed by atoms with E-state index >= 15 is 0 Å². The van der Waals surface area contributed by atoms with Crippen molar-refractivity contribution in [2.24, 2.45) is 5.73 Å². The summed E-state index contributed by atoms with van der Waals surface area (Å²) in [7, 11) is 0. The van der Waals surface area contributed by atoms with E-state index in [1.807, 2.05) is 13.8 Å². The van der Waals surface area contributed by atoms with Gasteiger partial charge in [-0.25, -0.2) is 0 Å². The van der Waals surface area contributed by atoms with Gasteiger partial charge in [0.1, 0.15) is 6.54 Å². The van der Waals surface area contributed by atoms with Gasteiger partial charge in [-0.1, -0.05) is 19.3 Å². The van der Waals surface area contributed by atoms with Crippen molar-refractivity contribution in [2.75, 3.05) is 18.4 Å². The zero-order chi connectivity index (χ0) is 18.7. The molecule has 2 fully saturated rings. The predicted molar refractivity (Wildman–Crippen MR) is 105 cm³/mol. The molecule has 0 radical (unpaired) electrons. The SMILES string of the molecule is CC1CN(C(=O)Cn2cc(NC(=O)C3(N)CCCCC3)cn2)CC(C)O1.Cl. The molecule has 2 heterocycles. The van der Waals surface area contributed by atoms with Crippen molar-refractivity contribution in [2.45, 2.75) is 70.2 Å². The van der Waals surface area contributed by atoms with Crippen LogP contribution in [-0.2, 0) is 20.9 Å². The summed E-state index contributed by atoms with van der Waals surface area (Å²) in [4.78, 5) is 26.8. The van der Waals surface area contributed by atoms with Gasteiger partial charge in [-0.15, -0.1) is 12.4 Å². The highest BCUT2D eigenvalue weighted by atomic mass is 35.5. The lowest BCUT2D eigenvalue weighted by atomic mass is 9.82. The van der Waals surface area contributed by atoms with Crippen LogP contribution in [-0.4, -0.2) is 57.3 Å². The lowest BCUT2D eigenvalue weighted by Crippen LogP contribution is -2.52. The molecule has 1 saturated carbocycles. The molecule has 3 rings (SSSR count). The average Bonchev–Trinajstić information content (AvgIpc) is 3.01. The molecule has 9 heteroatoms. The van der Waals surface area contributed by atoms with E-state index in [4.69, 9.17) is 10.5 Å². The number of hydrogen-bond donors (Lipinski definition) is 2. The van der Waals surface area contributed by atoms with Gasteiger partial charge < -0.3 is 20.7 Å². The maximum atomic E-state index is 12.5. The standard InChI is InChI=1S/C18H29N5O3.ClH/c1-13-9-22(10-14(2)26-13)16(24)12-23-11-15(8-20-23)21-17(25)18(19)6-4-3-5-7-18;/h8,11,13-14H,3-7,9-10,12,19H2,1-2H3,(H,21,25);1H. The number of morpholine rings is 1. The third-order valence-corrected chi connectivity index (χ3v) is 5.16. The second-order valence-electron chi connectivity index (χ2n) is 7.65. The normalized spacial score (nSPS) is 24.8. The van der Waals surface area contributed by atoms with Crippen LogP contribution in [0.15, 0.2) is 12.4 Å². The molecule has 1 aromatic rings. The topological polar surface area (TPSA) is 102 Å². The Morgan fingerprint density at radius 1 is 1.26 bits per heavy atom. The van der Waals surface area contributed by atoms with E-state index in [0.29, 0.717) is 31.6 Å². The van der Waals surface area contributed by atoms with Crippen molar-refractivity contribution < 1.29 is 14.3 Å². The predicted octanol–water partition coefficient (Wildman–Crippen LogP) is 1.54. The quantitative estimate of drug-likeness (QED) is 0.799. The van der Waals surface area contributed by atoms with Gasteiger partial charge in [-0.3, -0.25) is 14.3 Å². The van der Waals surface area contributed by atoms with Crippen molar-refractivity contribution in [3.05, 3.63) is 12.4 Å². The van der Waals surface area contributed by atoms with Crippen LogP contribution in [0.3, 0.4) is 0 Å². The molecule has 0 bridgehead atoms. The first kappa shape index (κ1) is 21.7. The van der Waals surface area contributed by atoms with Gasteiger partial charge in [0.05, 0.1) is 29.6 Å². The summed E-state index contributed by atoms with van der Waals surface area (Å²) in [5.74, 6) is -0.172. The molecular weight excluding hydrogens is 370 g/mol. The highest BCUT2D eigenvalue weighted by Gasteiger charge is 2.35. The number of ether oxygens (including phenoxy) is 1. The highest BCUT2D eigenvalue weighted by Crippen LogP contribution is 2.27. The Hall–Kier alpha value is -1.64. The molecule has 1 aliphatic carbocycles. The molecule has 1 saturated heterocycles. The Morgan fingerprint density at radius 3 is 2.52 bits per heavy atom. The van der Waals surface area contributed by atoms with Crippen LogP contribution in [0, 0.1) is 0 Å². The number of halogens is 1. The second-order valence-corrected chi connectivity index (χ2v) is 7.65. The minimum absolute atomic E-state index is 0. The third-order valence-electron chi connectivity index (χ3n) is 5.16. The van der Waals surface area contributed by atoms with Gasteiger partial charge in [0.2, 0.25) is 11.8 Å². The number of nitrogens with two attached hydrogens (primary N) is 1. The smallest absolute Gasteiger partial charge is 0.244 e. The number of aromatic nitrogens is 2. The maximum absolute atomic E-state index is 12.5. The molecule has 8 nitrogen and oxygen atoms in total. The Morgan fingerprint density at radius 2 is 1.89 bits per heavy atom. The van der Waals surface area contributed by atoms with Crippen molar-refractivity contribution in [1.82, 2.24) is 14.7 Å². The molecule has 27 heavy (non-hydrogen) atoms. The lowest BCUT2D eigenvalue weighted by Gasteiger charge is -2.35. The Labute approximate surface area is 166 Å². The molecule has 0 spiro atoms.